The van der Waals surface area contributed by atoms with Crippen LogP contribution < -0.4 is 21.5 Å². The molecule has 0 fully saturated rings. The number of imidazole rings is 1. The maximum Gasteiger partial charge on any atom is 0.305 e. The summed E-state index contributed by atoms with van der Waals surface area (Å²) in [5, 5.41) is 0. The zero-order valence-corrected chi connectivity index (χ0v) is 18.5. The summed E-state index contributed by atoms with van der Waals surface area (Å²) >= 11 is 0. The average molecular weight is 435 g/mol. The van der Waals surface area contributed by atoms with Crippen LogP contribution in [0.4, 0.5) is 0 Å². The van der Waals surface area contributed by atoms with Crippen molar-refractivity contribution < 1.29 is 40.6 Å². The van der Waals surface area contributed by atoms with E-state index in [9.17, 15) is 4.79 Å². The number of aryl methyl sites for hydroxylation is 2. The summed E-state index contributed by atoms with van der Waals surface area (Å²) in [7, 11) is 2.05. The van der Waals surface area contributed by atoms with Gasteiger partial charge in [-0.3, -0.25) is 4.79 Å². The third-order valence-corrected chi connectivity index (χ3v) is 4.43. The number of unbranched alkanes of at least 4 members (excludes halogenated alkanes) is 1. The molecule has 0 bridgehead atoms. The molecule has 152 valence electrons. The number of halogens is 1. The van der Waals surface area contributed by atoms with Crippen LogP contribution in [0, 0.1) is 6.92 Å². The van der Waals surface area contributed by atoms with Crippen molar-refractivity contribution in [2.75, 3.05) is 19.8 Å². The molecule has 0 aliphatic rings. The van der Waals surface area contributed by atoms with E-state index in [-0.39, 0.29) is 23.0 Å². The standard InChI is InChI=1S/C19H35N2O4.BrH/c1-6-23-18(22)11-13-19(24-7-2,25-8-3)12-9-10-14-21-16-15-20(5)17(21)4;/h15-16H,6-14H2,1-5H3;1H/q+1;/p-1. The summed E-state index contributed by atoms with van der Waals surface area (Å²) in [5.74, 6) is 0.358. The molecule has 0 saturated heterocycles. The topological polar surface area (TPSA) is 53.6 Å². The van der Waals surface area contributed by atoms with Crippen molar-refractivity contribution >= 4 is 5.97 Å². The molecule has 0 amide bonds. The Morgan fingerprint density at radius 2 is 1.77 bits per heavy atom. The molecular weight excluding hydrogens is 400 g/mol. The quantitative estimate of drug-likeness (QED) is 0.188. The Balaban J connectivity index is 0.00000625. The number of hydrogen-bond acceptors (Lipinski definition) is 4. The molecule has 0 N–H and O–H groups in total. The van der Waals surface area contributed by atoms with Gasteiger partial charge in [-0.25, -0.2) is 9.13 Å². The molecule has 0 atom stereocenters. The minimum atomic E-state index is -0.688. The van der Waals surface area contributed by atoms with E-state index in [2.05, 4.69) is 35.5 Å². The molecular formula is C19H35BrN2O4. The first-order valence-electron chi connectivity index (χ1n) is 9.42. The lowest BCUT2D eigenvalue weighted by molar-refractivity contribution is -0.677. The average Bonchev–Trinajstić information content (AvgIpc) is 2.90. The van der Waals surface area contributed by atoms with E-state index in [0.717, 1.165) is 25.8 Å². The first-order chi connectivity index (χ1) is 12.0. The molecule has 7 heteroatoms. The Hall–Kier alpha value is -0.920. The van der Waals surface area contributed by atoms with Crippen molar-refractivity contribution in [1.82, 2.24) is 4.57 Å². The number of carbonyl (C=O) groups excluding carboxylic acids is 1. The third-order valence-electron chi connectivity index (χ3n) is 4.43. The molecule has 0 aliphatic heterocycles. The summed E-state index contributed by atoms with van der Waals surface area (Å²) in [6.45, 7) is 10.4. The van der Waals surface area contributed by atoms with Crippen molar-refractivity contribution in [3.05, 3.63) is 18.2 Å². The van der Waals surface area contributed by atoms with E-state index in [0.29, 0.717) is 32.7 Å². The van der Waals surface area contributed by atoms with Crippen LogP contribution in [0.25, 0.3) is 0 Å². The lowest BCUT2D eigenvalue weighted by atomic mass is 10.0. The summed E-state index contributed by atoms with van der Waals surface area (Å²) in [4.78, 5) is 11.7. The molecule has 1 aromatic heterocycles. The maximum atomic E-state index is 11.7. The smallest absolute Gasteiger partial charge is 0.305 e. The molecule has 6 nitrogen and oxygen atoms in total. The Labute approximate surface area is 168 Å². The van der Waals surface area contributed by atoms with Gasteiger partial charge in [0.2, 0.25) is 0 Å². The van der Waals surface area contributed by atoms with Crippen molar-refractivity contribution in [3.8, 4) is 0 Å². The number of ether oxygens (including phenoxy) is 3. The highest BCUT2D eigenvalue weighted by Gasteiger charge is 2.31. The van der Waals surface area contributed by atoms with Gasteiger partial charge in [-0.05, 0) is 33.6 Å². The Bertz CT molecular complexity index is 514. The van der Waals surface area contributed by atoms with Gasteiger partial charge in [0, 0.05) is 33.0 Å². The highest BCUT2D eigenvalue weighted by molar-refractivity contribution is 5.69. The fourth-order valence-electron chi connectivity index (χ4n) is 3.02. The van der Waals surface area contributed by atoms with Crippen molar-refractivity contribution in [3.63, 3.8) is 0 Å². The first-order valence-corrected chi connectivity index (χ1v) is 9.42. The van der Waals surface area contributed by atoms with Crippen LogP contribution in [0.15, 0.2) is 12.4 Å². The van der Waals surface area contributed by atoms with Crippen LogP contribution in [0.2, 0.25) is 0 Å². The fourth-order valence-corrected chi connectivity index (χ4v) is 3.02. The van der Waals surface area contributed by atoms with Crippen molar-refractivity contribution in [2.24, 2.45) is 7.05 Å². The van der Waals surface area contributed by atoms with Crippen LogP contribution in [0.5, 0.6) is 0 Å². The van der Waals surface area contributed by atoms with Crippen LogP contribution in [-0.4, -0.2) is 36.1 Å². The van der Waals surface area contributed by atoms with E-state index < -0.39 is 5.79 Å². The van der Waals surface area contributed by atoms with Gasteiger partial charge in [0.1, 0.15) is 12.4 Å². The van der Waals surface area contributed by atoms with E-state index in [1.54, 1.807) is 0 Å². The predicted octanol–water partition coefficient (Wildman–Crippen LogP) is -0.0921. The van der Waals surface area contributed by atoms with Crippen molar-refractivity contribution in [2.45, 2.75) is 72.1 Å². The third kappa shape index (κ3) is 8.18. The SMILES string of the molecule is CCOC(=O)CCC(CCCCn1cc[n+](C)c1C)(OCC)OCC.[Br-]. The number of carbonyl (C=O) groups is 1. The molecule has 0 aliphatic carbocycles. The lowest BCUT2D eigenvalue weighted by Gasteiger charge is -2.33. The van der Waals surface area contributed by atoms with E-state index in [1.807, 2.05) is 20.8 Å². The van der Waals surface area contributed by atoms with E-state index in [4.69, 9.17) is 14.2 Å². The van der Waals surface area contributed by atoms with Gasteiger partial charge in [-0.1, -0.05) is 0 Å². The zero-order chi connectivity index (χ0) is 18.7. The van der Waals surface area contributed by atoms with Gasteiger partial charge in [0.05, 0.1) is 26.6 Å². The number of nitrogens with zero attached hydrogens (tertiary/aromatic N) is 2. The Morgan fingerprint density at radius 3 is 2.27 bits per heavy atom. The monoisotopic (exact) mass is 434 g/mol. The van der Waals surface area contributed by atoms with Gasteiger partial charge in [0.15, 0.2) is 5.79 Å². The number of esters is 1. The van der Waals surface area contributed by atoms with Gasteiger partial charge < -0.3 is 31.2 Å². The second kappa shape index (κ2) is 13.3. The molecule has 0 unspecified atom stereocenters. The first kappa shape index (κ1) is 25.1. The molecule has 0 spiro atoms. The van der Waals surface area contributed by atoms with Crippen molar-refractivity contribution in [1.29, 1.82) is 0 Å². The zero-order valence-electron chi connectivity index (χ0n) is 16.9. The number of hydrogen-bond donors (Lipinski definition) is 0. The minimum Gasteiger partial charge on any atom is -1.00 e. The molecule has 0 aromatic carbocycles. The summed E-state index contributed by atoms with van der Waals surface area (Å²) in [6, 6.07) is 0. The largest absolute Gasteiger partial charge is 1.00 e. The van der Waals surface area contributed by atoms with E-state index in [1.165, 1.54) is 5.82 Å². The van der Waals surface area contributed by atoms with Crippen LogP contribution in [0.1, 0.15) is 58.7 Å². The Kier molecular flexibility index (Phi) is 12.8. The fraction of sp³-hybridized carbons (Fsp3) is 0.789. The second-order valence-corrected chi connectivity index (χ2v) is 6.19. The Morgan fingerprint density at radius 1 is 1.12 bits per heavy atom. The maximum absolute atomic E-state index is 11.7. The highest BCUT2D eigenvalue weighted by atomic mass is 79.9. The van der Waals surface area contributed by atoms with Crippen LogP contribution in [-0.2, 0) is 32.6 Å². The summed E-state index contributed by atoms with van der Waals surface area (Å²) in [6.07, 6.45) is 7.82. The van der Waals surface area contributed by atoms with Crippen LogP contribution in [0.3, 0.4) is 0 Å². The molecule has 1 aromatic rings. The minimum absolute atomic E-state index is 0. The molecule has 1 heterocycles. The number of rotatable bonds is 13. The predicted molar refractivity (Wildman–Crippen MR) is 96.0 cm³/mol. The van der Waals surface area contributed by atoms with Gasteiger partial charge in [0.25, 0.3) is 5.82 Å². The molecule has 0 saturated carbocycles. The summed E-state index contributed by atoms with van der Waals surface area (Å²) < 4.78 is 21.3. The number of aromatic nitrogens is 2. The normalized spacial score (nSPS) is 11.3. The lowest BCUT2D eigenvalue weighted by Crippen LogP contribution is -3.00. The van der Waals surface area contributed by atoms with E-state index >= 15 is 0 Å². The second-order valence-electron chi connectivity index (χ2n) is 6.19. The molecule has 26 heavy (non-hydrogen) atoms. The van der Waals surface area contributed by atoms with Gasteiger partial charge in [-0.2, -0.15) is 0 Å². The van der Waals surface area contributed by atoms with Crippen LogP contribution >= 0.6 is 0 Å². The van der Waals surface area contributed by atoms with Gasteiger partial charge >= 0.3 is 5.97 Å². The molecule has 1 rings (SSSR count). The highest BCUT2D eigenvalue weighted by Crippen LogP contribution is 2.27. The summed E-state index contributed by atoms with van der Waals surface area (Å²) in [5.41, 5.74) is 0. The van der Waals surface area contributed by atoms with Gasteiger partial charge in [-0.15, -0.1) is 0 Å². The molecule has 0 radical (unpaired) electrons.